The van der Waals surface area contributed by atoms with Crippen molar-refractivity contribution in [2.45, 2.75) is 19.8 Å². The summed E-state index contributed by atoms with van der Waals surface area (Å²) in [5, 5.41) is 8.58. The maximum atomic E-state index is 11.0. The van der Waals surface area contributed by atoms with Gasteiger partial charge >= 0.3 is 5.97 Å². The summed E-state index contributed by atoms with van der Waals surface area (Å²) >= 11 is 0. The number of carboxylic acid groups (broad SMARTS) is 1. The van der Waals surface area contributed by atoms with E-state index < -0.39 is 11.8 Å². The monoisotopic (exact) mass is 168 g/mol. The van der Waals surface area contributed by atoms with Gasteiger partial charge in [0.1, 0.15) is 11.4 Å². The fraction of sp³-hybridized carbons (Fsp3) is 0.375. The van der Waals surface area contributed by atoms with Gasteiger partial charge in [-0.15, -0.1) is 0 Å². The number of Topliss-reactive ketones (excluding diaryl/α,β-unsaturated/α-hetero) is 2. The summed E-state index contributed by atoms with van der Waals surface area (Å²) in [6.45, 7) is 1.50. The lowest BCUT2D eigenvalue weighted by Gasteiger charge is -2.11. The van der Waals surface area contributed by atoms with E-state index in [0.717, 1.165) is 0 Å². The highest BCUT2D eigenvalue weighted by Gasteiger charge is 2.27. The van der Waals surface area contributed by atoms with Crippen LogP contribution in [0.2, 0.25) is 0 Å². The Balaban J connectivity index is 3.09. The summed E-state index contributed by atoms with van der Waals surface area (Å²) in [6, 6.07) is 0. The zero-order valence-electron chi connectivity index (χ0n) is 6.59. The standard InChI is InChI=1S/C8H8O4/c1-4-2-5(9)3-6(10)7(4)8(11)12/h2-3H2,1H3,(H,11,12). The van der Waals surface area contributed by atoms with Gasteiger partial charge in [-0.3, -0.25) is 9.59 Å². The Hall–Kier alpha value is -1.45. The van der Waals surface area contributed by atoms with Crippen molar-refractivity contribution in [1.29, 1.82) is 0 Å². The van der Waals surface area contributed by atoms with Gasteiger partial charge in [0.15, 0.2) is 5.78 Å². The summed E-state index contributed by atoms with van der Waals surface area (Å²) < 4.78 is 0. The molecule has 12 heavy (non-hydrogen) atoms. The third kappa shape index (κ3) is 1.42. The fourth-order valence-corrected chi connectivity index (χ4v) is 1.25. The maximum Gasteiger partial charge on any atom is 0.339 e. The van der Waals surface area contributed by atoms with Crippen LogP contribution in [0.4, 0.5) is 0 Å². The van der Waals surface area contributed by atoms with E-state index in [-0.39, 0.29) is 24.2 Å². The lowest BCUT2D eigenvalue weighted by Crippen LogP contribution is -2.23. The van der Waals surface area contributed by atoms with Crippen molar-refractivity contribution in [2.24, 2.45) is 0 Å². The van der Waals surface area contributed by atoms with Crippen molar-refractivity contribution in [1.82, 2.24) is 0 Å². The minimum atomic E-state index is -1.23. The third-order valence-electron chi connectivity index (χ3n) is 1.74. The molecule has 0 amide bonds. The van der Waals surface area contributed by atoms with Crippen LogP contribution in [0.15, 0.2) is 11.1 Å². The molecule has 0 bridgehead atoms. The molecule has 64 valence electrons. The highest BCUT2D eigenvalue weighted by atomic mass is 16.4. The number of allylic oxidation sites excluding steroid dienone is 1. The molecule has 0 saturated carbocycles. The Kier molecular flexibility index (Phi) is 2.08. The molecule has 1 aliphatic carbocycles. The predicted octanol–water partition coefficient (Wildman–Crippen LogP) is 0.319. The Bertz CT molecular complexity index is 298. The van der Waals surface area contributed by atoms with Gasteiger partial charge in [0.25, 0.3) is 0 Å². The van der Waals surface area contributed by atoms with Crippen molar-refractivity contribution >= 4 is 17.5 Å². The first-order valence-corrected chi connectivity index (χ1v) is 3.50. The zero-order chi connectivity index (χ0) is 9.30. The molecule has 0 aliphatic heterocycles. The van der Waals surface area contributed by atoms with Crippen molar-refractivity contribution in [3.05, 3.63) is 11.1 Å². The number of carbonyl (C=O) groups excluding carboxylic acids is 2. The molecular weight excluding hydrogens is 160 g/mol. The Labute approximate surface area is 68.9 Å². The van der Waals surface area contributed by atoms with Crippen molar-refractivity contribution in [2.75, 3.05) is 0 Å². The van der Waals surface area contributed by atoms with E-state index in [1.807, 2.05) is 0 Å². The molecule has 0 aromatic carbocycles. The Morgan fingerprint density at radius 1 is 1.33 bits per heavy atom. The normalized spacial score (nSPS) is 18.4. The van der Waals surface area contributed by atoms with Crippen LogP contribution in [0.1, 0.15) is 19.8 Å². The average Bonchev–Trinajstić information content (AvgIpc) is 1.82. The van der Waals surface area contributed by atoms with E-state index in [1.54, 1.807) is 0 Å². The molecule has 0 aromatic heterocycles. The number of hydrogen-bond acceptors (Lipinski definition) is 3. The number of carbonyl (C=O) groups is 3. The van der Waals surface area contributed by atoms with Gasteiger partial charge in [-0.05, 0) is 12.5 Å². The van der Waals surface area contributed by atoms with Crippen LogP contribution in [0.3, 0.4) is 0 Å². The lowest BCUT2D eigenvalue weighted by atomic mass is 9.91. The molecule has 0 fully saturated rings. The third-order valence-corrected chi connectivity index (χ3v) is 1.74. The lowest BCUT2D eigenvalue weighted by molar-refractivity contribution is -0.135. The van der Waals surface area contributed by atoms with Crippen LogP contribution < -0.4 is 0 Å². The highest BCUT2D eigenvalue weighted by Crippen LogP contribution is 2.18. The van der Waals surface area contributed by atoms with E-state index in [1.165, 1.54) is 6.92 Å². The fourth-order valence-electron chi connectivity index (χ4n) is 1.25. The van der Waals surface area contributed by atoms with Gasteiger partial charge < -0.3 is 5.11 Å². The summed E-state index contributed by atoms with van der Waals surface area (Å²) in [7, 11) is 0. The molecule has 0 atom stereocenters. The molecule has 0 unspecified atom stereocenters. The second kappa shape index (κ2) is 2.89. The quantitative estimate of drug-likeness (QED) is 0.452. The average molecular weight is 168 g/mol. The van der Waals surface area contributed by atoms with E-state index in [0.29, 0.717) is 5.57 Å². The van der Waals surface area contributed by atoms with Gasteiger partial charge in [0.2, 0.25) is 0 Å². The van der Waals surface area contributed by atoms with Gasteiger partial charge in [0, 0.05) is 6.42 Å². The summed E-state index contributed by atoms with van der Waals surface area (Å²) in [4.78, 5) is 32.3. The number of aliphatic carboxylic acids is 1. The van der Waals surface area contributed by atoms with Gasteiger partial charge in [-0.1, -0.05) is 0 Å². The van der Waals surface area contributed by atoms with Gasteiger partial charge in [-0.2, -0.15) is 0 Å². The van der Waals surface area contributed by atoms with Gasteiger partial charge in [-0.25, -0.2) is 4.79 Å². The van der Waals surface area contributed by atoms with E-state index in [2.05, 4.69) is 0 Å². The molecule has 4 heteroatoms. The minimum Gasteiger partial charge on any atom is -0.478 e. The molecule has 0 aromatic rings. The van der Waals surface area contributed by atoms with Crippen LogP contribution in [-0.4, -0.2) is 22.6 Å². The van der Waals surface area contributed by atoms with Crippen LogP contribution in [0, 0.1) is 0 Å². The van der Waals surface area contributed by atoms with Crippen molar-refractivity contribution in [3.8, 4) is 0 Å². The SMILES string of the molecule is CC1=C(C(=O)O)C(=O)CC(=O)C1. The summed E-state index contributed by atoms with van der Waals surface area (Å²) in [5.41, 5.74) is 0.151. The summed E-state index contributed by atoms with van der Waals surface area (Å²) in [6.07, 6.45) is -0.174. The first-order chi connectivity index (χ1) is 5.52. The number of rotatable bonds is 1. The molecule has 0 radical (unpaired) electrons. The molecule has 0 heterocycles. The van der Waals surface area contributed by atoms with Crippen molar-refractivity contribution < 1.29 is 19.5 Å². The topological polar surface area (TPSA) is 71.4 Å². The van der Waals surface area contributed by atoms with Crippen LogP contribution in [0.5, 0.6) is 0 Å². The molecule has 1 N–H and O–H groups in total. The Morgan fingerprint density at radius 3 is 2.33 bits per heavy atom. The molecular formula is C8H8O4. The largest absolute Gasteiger partial charge is 0.478 e. The second-order valence-corrected chi connectivity index (χ2v) is 2.78. The minimum absolute atomic E-state index is 0.0906. The van der Waals surface area contributed by atoms with Crippen LogP contribution >= 0.6 is 0 Å². The van der Waals surface area contributed by atoms with E-state index >= 15 is 0 Å². The number of carboxylic acids is 1. The maximum absolute atomic E-state index is 11.0. The second-order valence-electron chi connectivity index (χ2n) is 2.78. The highest BCUT2D eigenvalue weighted by molar-refractivity contribution is 6.24. The molecule has 4 nitrogen and oxygen atoms in total. The first kappa shape index (κ1) is 8.64. The van der Waals surface area contributed by atoms with Crippen molar-refractivity contribution in [3.63, 3.8) is 0 Å². The molecule has 0 saturated heterocycles. The van der Waals surface area contributed by atoms with Gasteiger partial charge in [0.05, 0.1) is 6.42 Å². The number of hydrogen-bond donors (Lipinski definition) is 1. The molecule has 0 spiro atoms. The first-order valence-electron chi connectivity index (χ1n) is 3.50. The molecule has 1 rings (SSSR count). The smallest absolute Gasteiger partial charge is 0.339 e. The Morgan fingerprint density at radius 2 is 1.92 bits per heavy atom. The van der Waals surface area contributed by atoms with E-state index in [9.17, 15) is 14.4 Å². The number of ketones is 2. The molecule has 1 aliphatic rings. The van der Waals surface area contributed by atoms with Crippen LogP contribution in [-0.2, 0) is 14.4 Å². The van der Waals surface area contributed by atoms with E-state index in [4.69, 9.17) is 5.11 Å². The predicted molar refractivity (Wildman–Crippen MR) is 39.6 cm³/mol. The summed E-state index contributed by atoms with van der Waals surface area (Å²) in [5.74, 6) is -2.01. The van der Waals surface area contributed by atoms with Crippen LogP contribution in [0.25, 0.3) is 0 Å². The zero-order valence-corrected chi connectivity index (χ0v) is 6.59.